The van der Waals surface area contributed by atoms with E-state index in [-0.39, 0.29) is 0 Å². The van der Waals surface area contributed by atoms with Crippen molar-refractivity contribution in [1.29, 1.82) is 0 Å². The van der Waals surface area contributed by atoms with Crippen molar-refractivity contribution >= 4 is 11.8 Å². The molecule has 0 fully saturated rings. The first-order valence-corrected chi connectivity index (χ1v) is 7.34. The van der Waals surface area contributed by atoms with Crippen molar-refractivity contribution in [3.8, 4) is 5.75 Å². The van der Waals surface area contributed by atoms with E-state index >= 15 is 0 Å². The lowest BCUT2D eigenvalue weighted by molar-refractivity contribution is 0.318. The van der Waals surface area contributed by atoms with Gasteiger partial charge in [-0.25, -0.2) is 4.79 Å². The molecule has 0 spiro atoms. The van der Waals surface area contributed by atoms with Crippen LogP contribution in [0.3, 0.4) is 0 Å². The Labute approximate surface area is 116 Å². The van der Waals surface area contributed by atoms with Crippen LogP contribution in [0.15, 0.2) is 39.7 Å². The van der Waals surface area contributed by atoms with Gasteiger partial charge in [0.2, 0.25) is 0 Å². The fourth-order valence-electron chi connectivity index (χ4n) is 1.55. The molecular formula is C14H17NO3S. The lowest BCUT2D eigenvalue weighted by atomic mass is 10.2. The largest absolute Gasteiger partial charge is 0.494 e. The first-order valence-electron chi connectivity index (χ1n) is 6.18. The number of aryl methyl sites for hydroxylation is 1. The Hall–Kier alpha value is -1.62. The zero-order chi connectivity index (χ0) is 13.5. The first kappa shape index (κ1) is 13.8. The third-order valence-electron chi connectivity index (χ3n) is 2.54. The average Bonchev–Trinajstić information content (AvgIpc) is 2.81. The van der Waals surface area contributed by atoms with Crippen molar-refractivity contribution in [2.45, 2.75) is 19.1 Å². The maximum Gasteiger partial charge on any atom is 0.416 e. The zero-order valence-corrected chi connectivity index (χ0v) is 11.7. The van der Waals surface area contributed by atoms with Gasteiger partial charge in [-0.05, 0) is 31.2 Å². The molecule has 102 valence electrons. The highest BCUT2D eigenvalue weighted by atomic mass is 32.2. The molecule has 1 aromatic carbocycles. The summed E-state index contributed by atoms with van der Waals surface area (Å²) in [5.74, 6) is 2.89. The van der Waals surface area contributed by atoms with Crippen LogP contribution in [0.25, 0.3) is 0 Å². The Morgan fingerprint density at radius 2 is 2.11 bits per heavy atom. The van der Waals surface area contributed by atoms with Crippen LogP contribution in [0.4, 0.5) is 0 Å². The van der Waals surface area contributed by atoms with Gasteiger partial charge < -0.3 is 9.15 Å². The molecule has 0 amide bonds. The van der Waals surface area contributed by atoms with Gasteiger partial charge in [0.15, 0.2) is 0 Å². The molecule has 0 saturated heterocycles. The molecule has 0 unspecified atom stereocenters. The Morgan fingerprint density at radius 3 is 2.79 bits per heavy atom. The van der Waals surface area contributed by atoms with Crippen molar-refractivity contribution in [2.24, 2.45) is 0 Å². The maximum absolute atomic E-state index is 10.8. The normalized spacial score (nSPS) is 10.6. The average molecular weight is 279 g/mol. The fourth-order valence-corrected chi connectivity index (χ4v) is 2.36. The van der Waals surface area contributed by atoms with Crippen molar-refractivity contribution in [3.05, 3.63) is 52.3 Å². The Balaban J connectivity index is 1.57. The molecule has 1 N–H and O–H groups in total. The SMILES string of the molecule is Cc1ccc(OCCCSCc2c[nH]c(=O)o2)cc1. The molecule has 5 heteroatoms. The fraction of sp³-hybridized carbons (Fsp3) is 0.357. The van der Waals surface area contributed by atoms with Gasteiger partial charge in [-0.2, -0.15) is 11.8 Å². The minimum Gasteiger partial charge on any atom is -0.494 e. The van der Waals surface area contributed by atoms with Gasteiger partial charge in [0, 0.05) is 6.20 Å². The molecule has 0 bridgehead atoms. The van der Waals surface area contributed by atoms with E-state index < -0.39 is 5.76 Å². The lowest BCUT2D eigenvalue weighted by Gasteiger charge is -2.05. The molecular weight excluding hydrogens is 262 g/mol. The van der Waals surface area contributed by atoms with E-state index in [1.165, 1.54) is 5.56 Å². The number of nitrogens with one attached hydrogen (secondary N) is 1. The van der Waals surface area contributed by atoms with Crippen LogP contribution in [-0.4, -0.2) is 17.3 Å². The molecule has 2 aromatic rings. The number of thioether (sulfide) groups is 1. The second-order valence-corrected chi connectivity index (χ2v) is 5.32. The van der Waals surface area contributed by atoms with E-state index in [1.54, 1.807) is 18.0 Å². The summed E-state index contributed by atoms with van der Waals surface area (Å²) < 4.78 is 10.5. The minimum atomic E-state index is -0.390. The molecule has 0 aliphatic heterocycles. The van der Waals surface area contributed by atoms with E-state index in [4.69, 9.17) is 9.15 Å². The molecule has 0 aliphatic rings. The van der Waals surface area contributed by atoms with Crippen molar-refractivity contribution < 1.29 is 9.15 Å². The number of benzene rings is 1. The van der Waals surface area contributed by atoms with E-state index in [0.717, 1.165) is 17.9 Å². The number of hydrogen-bond acceptors (Lipinski definition) is 4. The van der Waals surface area contributed by atoms with Gasteiger partial charge >= 0.3 is 5.76 Å². The van der Waals surface area contributed by atoms with Crippen LogP contribution in [0.5, 0.6) is 5.75 Å². The summed E-state index contributed by atoms with van der Waals surface area (Å²) in [6.07, 6.45) is 2.57. The Morgan fingerprint density at radius 1 is 1.32 bits per heavy atom. The minimum absolute atomic E-state index is 0.390. The zero-order valence-electron chi connectivity index (χ0n) is 10.8. The van der Waals surface area contributed by atoms with Crippen molar-refractivity contribution in [3.63, 3.8) is 0 Å². The van der Waals surface area contributed by atoms with Crippen LogP contribution >= 0.6 is 11.8 Å². The highest BCUT2D eigenvalue weighted by Crippen LogP contribution is 2.14. The quantitative estimate of drug-likeness (QED) is 0.792. The number of oxazole rings is 1. The molecule has 0 atom stereocenters. The van der Waals surface area contributed by atoms with Crippen LogP contribution < -0.4 is 10.5 Å². The summed E-state index contributed by atoms with van der Waals surface area (Å²) in [5.41, 5.74) is 1.23. The van der Waals surface area contributed by atoms with Gasteiger partial charge in [0.25, 0.3) is 0 Å². The van der Waals surface area contributed by atoms with Crippen LogP contribution in [0, 0.1) is 6.92 Å². The number of aromatic amines is 1. The molecule has 1 heterocycles. The molecule has 0 saturated carbocycles. The maximum atomic E-state index is 10.8. The number of aromatic nitrogens is 1. The standard InChI is InChI=1S/C14H17NO3S/c1-11-3-5-12(6-4-11)17-7-2-8-19-10-13-9-15-14(16)18-13/h3-6,9H,2,7-8,10H2,1H3,(H,15,16). The number of hydrogen-bond donors (Lipinski definition) is 1. The molecule has 4 nitrogen and oxygen atoms in total. The molecule has 1 aromatic heterocycles. The lowest BCUT2D eigenvalue weighted by Crippen LogP contribution is -1.98. The second kappa shape index (κ2) is 7.09. The topological polar surface area (TPSA) is 55.2 Å². The van der Waals surface area contributed by atoms with E-state index in [9.17, 15) is 4.79 Å². The molecule has 0 aliphatic carbocycles. The first-order chi connectivity index (χ1) is 9.24. The summed E-state index contributed by atoms with van der Waals surface area (Å²) in [4.78, 5) is 13.2. The summed E-state index contributed by atoms with van der Waals surface area (Å²) >= 11 is 1.72. The second-order valence-electron chi connectivity index (χ2n) is 4.21. The predicted molar refractivity (Wildman–Crippen MR) is 76.8 cm³/mol. The van der Waals surface area contributed by atoms with E-state index in [1.807, 2.05) is 24.3 Å². The van der Waals surface area contributed by atoms with Gasteiger partial charge in [0.1, 0.15) is 11.5 Å². The summed E-state index contributed by atoms with van der Waals surface area (Å²) in [7, 11) is 0. The molecule has 19 heavy (non-hydrogen) atoms. The number of H-pyrrole nitrogens is 1. The van der Waals surface area contributed by atoms with E-state index in [2.05, 4.69) is 11.9 Å². The van der Waals surface area contributed by atoms with Crippen LogP contribution in [0.1, 0.15) is 17.7 Å². The summed E-state index contributed by atoms with van der Waals surface area (Å²) in [5, 5.41) is 0. The highest BCUT2D eigenvalue weighted by molar-refractivity contribution is 7.98. The monoisotopic (exact) mass is 279 g/mol. The van der Waals surface area contributed by atoms with Crippen LogP contribution in [0.2, 0.25) is 0 Å². The highest BCUT2D eigenvalue weighted by Gasteiger charge is 1.99. The van der Waals surface area contributed by atoms with Gasteiger partial charge in [-0.15, -0.1) is 0 Å². The van der Waals surface area contributed by atoms with E-state index in [0.29, 0.717) is 18.1 Å². The Bertz CT molecular complexity index is 544. The van der Waals surface area contributed by atoms with Crippen molar-refractivity contribution in [2.75, 3.05) is 12.4 Å². The molecule has 2 rings (SSSR count). The van der Waals surface area contributed by atoms with Crippen molar-refractivity contribution in [1.82, 2.24) is 4.98 Å². The smallest absolute Gasteiger partial charge is 0.416 e. The summed E-state index contributed by atoms with van der Waals surface area (Å²) in [6, 6.07) is 8.05. The van der Waals surface area contributed by atoms with Gasteiger partial charge in [0.05, 0.1) is 12.4 Å². The number of rotatable bonds is 7. The summed E-state index contributed by atoms with van der Waals surface area (Å²) in [6.45, 7) is 2.76. The Kier molecular flexibility index (Phi) is 5.15. The molecule has 0 radical (unpaired) electrons. The van der Waals surface area contributed by atoms with Gasteiger partial charge in [-0.1, -0.05) is 17.7 Å². The van der Waals surface area contributed by atoms with Gasteiger partial charge in [-0.3, -0.25) is 4.98 Å². The van der Waals surface area contributed by atoms with Crippen LogP contribution in [-0.2, 0) is 5.75 Å². The third-order valence-corrected chi connectivity index (χ3v) is 3.61. The number of ether oxygens (including phenoxy) is 1. The predicted octanol–water partition coefficient (Wildman–Crippen LogP) is 2.98. The third kappa shape index (κ3) is 4.87.